The van der Waals surface area contributed by atoms with Gasteiger partial charge >= 0.3 is 41.7 Å². The van der Waals surface area contributed by atoms with E-state index in [0.29, 0.717) is 42.4 Å². The van der Waals surface area contributed by atoms with Crippen molar-refractivity contribution in [3.05, 3.63) is 35.4 Å². The Bertz CT molecular complexity index is 1170. The van der Waals surface area contributed by atoms with Crippen LogP contribution in [0.1, 0.15) is 99.4 Å². The first-order valence-electron chi connectivity index (χ1n) is 14.8. The summed E-state index contributed by atoms with van der Waals surface area (Å²) in [7, 11) is 0. The summed E-state index contributed by atoms with van der Waals surface area (Å²) in [5, 5.41) is 0. The standard InChI is InChI=1S/C30H33F15O/c1-2-17-3-5-18(6-4-17)7-8-19-9-11-20(12-10-19)21-13-15-22(16-14-21)23(46)24(31,32)25(33,34)26(35,36)27(37,38)28(39,40)29(41,42)30(43,44)45/h13-20H,2-12H2,1H3. The number of alkyl halides is 15. The second-order valence-corrected chi connectivity index (χ2v) is 12.5. The Hall–Kier alpha value is -2.16. The number of hydrogen-bond acceptors (Lipinski definition) is 1. The molecule has 16 heteroatoms. The SMILES string of the molecule is CCC1CCC(CCC2CCC(c3ccc(C(=O)C(F)(F)C(F)(F)C(F)(F)C(F)(F)C(F)(F)C(F)(F)C(F)(F)F)cc3)CC2)CC1. The van der Waals surface area contributed by atoms with Gasteiger partial charge in [-0.25, -0.2) is 0 Å². The molecule has 0 atom stereocenters. The summed E-state index contributed by atoms with van der Waals surface area (Å²) in [4.78, 5) is 12.1. The van der Waals surface area contributed by atoms with Gasteiger partial charge in [-0.05, 0) is 54.9 Å². The molecule has 0 N–H and O–H groups in total. The Labute approximate surface area is 255 Å². The van der Waals surface area contributed by atoms with Crippen molar-refractivity contribution in [3.8, 4) is 0 Å². The van der Waals surface area contributed by atoms with Crippen LogP contribution in [0.15, 0.2) is 24.3 Å². The highest BCUT2D eigenvalue weighted by atomic mass is 19.4. The van der Waals surface area contributed by atoms with Crippen molar-refractivity contribution in [1.29, 1.82) is 0 Å². The van der Waals surface area contributed by atoms with Crippen LogP contribution >= 0.6 is 0 Å². The third kappa shape index (κ3) is 6.60. The second kappa shape index (κ2) is 13.0. The Morgan fingerprint density at radius 2 is 0.913 bits per heavy atom. The molecule has 0 aromatic heterocycles. The summed E-state index contributed by atoms with van der Waals surface area (Å²) in [6.07, 6.45) is 3.41. The molecule has 0 amide bonds. The van der Waals surface area contributed by atoms with Crippen LogP contribution in [0.3, 0.4) is 0 Å². The van der Waals surface area contributed by atoms with Crippen molar-refractivity contribution in [2.24, 2.45) is 17.8 Å². The lowest BCUT2D eigenvalue weighted by Gasteiger charge is -2.41. The fraction of sp³-hybridized carbons (Fsp3) is 0.767. The van der Waals surface area contributed by atoms with Gasteiger partial charge in [0.15, 0.2) is 0 Å². The molecule has 0 spiro atoms. The van der Waals surface area contributed by atoms with Crippen LogP contribution in [-0.4, -0.2) is 47.5 Å². The summed E-state index contributed by atoms with van der Waals surface area (Å²) in [6, 6.07) is 3.04. The van der Waals surface area contributed by atoms with Gasteiger partial charge in [-0.3, -0.25) is 4.79 Å². The third-order valence-electron chi connectivity index (χ3n) is 9.63. The molecule has 0 bridgehead atoms. The largest absolute Gasteiger partial charge is 0.460 e. The summed E-state index contributed by atoms with van der Waals surface area (Å²) >= 11 is 0. The highest BCUT2D eigenvalue weighted by Gasteiger charge is 2.94. The molecule has 2 aliphatic rings. The number of Topliss-reactive ketones (excluding diaryl/α,β-unsaturated/α-hetero) is 1. The predicted octanol–water partition coefficient (Wildman–Crippen LogP) is 11.5. The smallest absolute Gasteiger partial charge is 0.287 e. The first kappa shape index (κ1) is 38.3. The molecular formula is C30H33F15O. The normalized spacial score (nSPS) is 24.6. The molecule has 0 radical (unpaired) electrons. The zero-order valence-corrected chi connectivity index (χ0v) is 24.5. The summed E-state index contributed by atoms with van der Waals surface area (Å²) in [5.41, 5.74) is -1.000. The maximum Gasteiger partial charge on any atom is 0.460 e. The maximum atomic E-state index is 14.4. The molecule has 1 nitrogen and oxygen atoms in total. The number of halogens is 15. The van der Waals surface area contributed by atoms with Gasteiger partial charge in [0.1, 0.15) is 0 Å². The number of ketones is 1. The van der Waals surface area contributed by atoms with Crippen LogP contribution in [-0.2, 0) is 0 Å². The lowest BCUT2D eigenvalue weighted by Crippen LogP contribution is -2.73. The van der Waals surface area contributed by atoms with Gasteiger partial charge in [0.25, 0.3) is 0 Å². The summed E-state index contributed by atoms with van der Waals surface area (Å²) < 4.78 is 202. The molecule has 1 aromatic rings. The molecule has 46 heavy (non-hydrogen) atoms. The van der Waals surface area contributed by atoms with Gasteiger partial charge in [-0.2, -0.15) is 65.9 Å². The third-order valence-corrected chi connectivity index (χ3v) is 9.63. The Kier molecular flexibility index (Phi) is 10.9. The van der Waals surface area contributed by atoms with Gasteiger partial charge in [0.05, 0.1) is 0 Å². The maximum absolute atomic E-state index is 14.4. The number of rotatable bonds is 12. The van der Waals surface area contributed by atoms with Gasteiger partial charge < -0.3 is 0 Å². The van der Waals surface area contributed by atoms with Crippen LogP contribution in [0.4, 0.5) is 65.9 Å². The van der Waals surface area contributed by atoms with Gasteiger partial charge in [-0.1, -0.05) is 76.1 Å². The van der Waals surface area contributed by atoms with E-state index in [2.05, 4.69) is 6.92 Å². The number of carbonyl (C=O) groups is 1. The summed E-state index contributed by atoms with van der Waals surface area (Å²) in [5.74, 6) is -49.5. The lowest BCUT2D eigenvalue weighted by molar-refractivity contribution is -0.449. The van der Waals surface area contributed by atoms with Crippen LogP contribution in [0, 0.1) is 17.8 Å². The minimum Gasteiger partial charge on any atom is -0.287 e. The Morgan fingerprint density at radius 1 is 0.543 bits per heavy atom. The van der Waals surface area contributed by atoms with E-state index in [9.17, 15) is 70.7 Å². The van der Waals surface area contributed by atoms with Crippen LogP contribution in [0.2, 0.25) is 0 Å². The highest BCUT2D eigenvalue weighted by Crippen LogP contribution is 2.62. The molecule has 0 unspecified atom stereocenters. The average molecular weight is 695 g/mol. The van der Waals surface area contributed by atoms with Crippen molar-refractivity contribution in [2.75, 3.05) is 0 Å². The van der Waals surface area contributed by atoms with Crippen molar-refractivity contribution >= 4 is 5.78 Å². The molecule has 0 aliphatic heterocycles. The van der Waals surface area contributed by atoms with E-state index in [1.807, 2.05) is 0 Å². The molecule has 0 saturated heterocycles. The zero-order valence-electron chi connectivity index (χ0n) is 24.5. The van der Waals surface area contributed by atoms with E-state index in [1.54, 1.807) is 0 Å². The molecule has 0 heterocycles. The Balaban J connectivity index is 1.69. The first-order chi connectivity index (χ1) is 20.9. The molecule has 2 fully saturated rings. The molecule has 264 valence electrons. The van der Waals surface area contributed by atoms with Crippen LogP contribution in [0.25, 0.3) is 0 Å². The molecule has 2 saturated carbocycles. The van der Waals surface area contributed by atoms with Gasteiger partial charge in [0, 0.05) is 5.56 Å². The summed E-state index contributed by atoms with van der Waals surface area (Å²) in [6.45, 7) is 2.18. The topological polar surface area (TPSA) is 17.1 Å². The van der Waals surface area contributed by atoms with Crippen molar-refractivity contribution in [2.45, 2.75) is 125 Å². The number of carbonyl (C=O) groups excluding carboxylic acids is 1. The van der Waals surface area contributed by atoms with Gasteiger partial charge in [0.2, 0.25) is 5.78 Å². The first-order valence-corrected chi connectivity index (χ1v) is 14.8. The van der Waals surface area contributed by atoms with Crippen molar-refractivity contribution < 1.29 is 70.7 Å². The Morgan fingerprint density at radius 3 is 1.33 bits per heavy atom. The molecular weight excluding hydrogens is 661 g/mol. The van der Waals surface area contributed by atoms with E-state index in [4.69, 9.17) is 0 Å². The lowest BCUT2D eigenvalue weighted by atomic mass is 9.74. The van der Waals surface area contributed by atoms with E-state index in [0.717, 1.165) is 43.7 Å². The van der Waals surface area contributed by atoms with Crippen LogP contribution in [0.5, 0.6) is 0 Å². The highest BCUT2D eigenvalue weighted by molar-refractivity contribution is 6.02. The quantitative estimate of drug-likeness (QED) is 0.157. The fourth-order valence-electron chi connectivity index (χ4n) is 6.38. The molecule has 1 aromatic carbocycles. The van der Waals surface area contributed by atoms with E-state index >= 15 is 0 Å². The monoisotopic (exact) mass is 694 g/mol. The van der Waals surface area contributed by atoms with Crippen LogP contribution < -0.4 is 0 Å². The van der Waals surface area contributed by atoms with Crippen molar-refractivity contribution in [1.82, 2.24) is 0 Å². The fourth-order valence-corrected chi connectivity index (χ4v) is 6.38. The molecule has 2 aliphatic carbocycles. The predicted molar refractivity (Wildman–Crippen MR) is 136 cm³/mol. The minimum atomic E-state index is -8.43. The van der Waals surface area contributed by atoms with E-state index in [-0.39, 0.29) is 5.92 Å². The van der Waals surface area contributed by atoms with Crippen molar-refractivity contribution in [3.63, 3.8) is 0 Å². The average Bonchev–Trinajstić information content (AvgIpc) is 2.99. The van der Waals surface area contributed by atoms with E-state index < -0.39 is 53.1 Å². The molecule has 3 rings (SSSR count). The number of benzene rings is 1. The zero-order chi connectivity index (χ0) is 35.1. The van der Waals surface area contributed by atoms with E-state index in [1.165, 1.54) is 32.1 Å². The van der Waals surface area contributed by atoms with Gasteiger partial charge in [-0.15, -0.1) is 0 Å². The number of hydrogen-bond donors (Lipinski definition) is 0. The minimum absolute atomic E-state index is 0.150. The second-order valence-electron chi connectivity index (χ2n) is 12.5.